The van der Waals surface area contributed by atoms with E-state index in [0.717, 1.165) is 12.1 Å². The second-order valence-electron chi connectivity index (χ2n) is 6.19. The van der Waals surface area contributed by atoms with Gasteiger partial charge in [0.1, 0.15) is 11.8 Å². The van der Waals surface area contributed by atoms with Gasteiger partial charge in [0, 0.05) is 18.6 Å². The molecule has 1 unspecified atom stereocenters. The van der Waals surface area contributed by atoms with Crippen LogP contribution in [0.5, 0.6) is 5.75 Å². The Labute approximate surface area is 142 Å². The maximum atomic E-state index is 12.2. The first-order valence-electron chi connectivity index (χ1n) is 7.41. The third-order valence-electron chi connectivity index (χ3n) is 2.87. The number of benzene rings is 1. The number of hydrogen-bond acceptors (Lipinski definition) is 4. The van der Waals surface area contributed by atoms with Crippen molar-refractivity contribution in [2.45, 2.75) is 45.2 Å². The van der Waals surface area contributed by atoms with E-state index in [4.69, 9.17) is 9.84 Å². The number of ether oxygens (including phenoxy) is 2. The highest BCUT2D eigenvalue weighted by atomic mass is 19.4. The van der Waals surface area contributed by atoms with Crippen LogP contribution in [-0.2, 0) is 9.53 Å². The van der Waals surface area contributed by atoms with Crippen LogP contribution in [0.25, 0.3) is 0 Å². The van der Waals surface area contributed by atoms with Crippen LogP contribution in [0.3, 0.4) is 0 Å². The third kappa shape index (κ3) is 8.39. The van der Waals surface area contributed by atoms with Crippen LogP contribution < -0.4 is 10.1 Å². The summed E-state index contributed by atoms with van der Waals surface area (Å²) in [4.78, 5) is 23.3. The fourth-order valence-electron chi connectivity index (χ4n) is 1.82. The van der Waals surface area contributed by atoms with Crippen molar-refractivity contribution in [1.82, 2.24) is 5.32 Å². The molecule has 140 valence electrons. The fourth-order valence-corrected chi connectivity index (χ4v) is 1.82. The van der Waals surface area contributed by atoms with Gasteiger partial charge in [-0.1, -0.05) is 6.07 Å². The van der Waals surface area contributed by atoms with Gasteiger partial charge < -0.3 is 19.9 Å². The Bertz CT molecular complexity index is 611. The van der Waals surface area contributed by atoms with Crippen LogP contribution in [0.1, 0.15) is 37.6 Å². The molecule has 0 aliphatic rings. The highest BCUT2D eigenvalue weighted by Crippen LogP contribution is 2.23. The summed E-state index contributed by atoms with van der Waals surface area (Å²) in [6, 6.07) is 3.14. The van der Waals surface area contributed by atoms with E-state index in [1.165, 1.54) is 12.1 Å². The van der Waals surface area contributed by atoms with Gasteiger partial charge in [-0.25, -0.2) is 4.79 Å². The van der Waals surface area contributed by atoms with E-state index in [0.29, 0.717) is 0 Å². The van der Waals surface area contributed by atoms with E-state index >= 15 is 0 Å². The molecule has 0 aromatic heterocycles. The number of halogens is 3. The summed E-state index contributed by atoms with van der Waals surface area (Å²) in [7, 11) is 0. The largest absolute Gasteiger partial charge is 0.573 e. The molecule has 0 aliphatic carbocycles. The third-order valence-corrected chi connectivity index (χ3v) is 2.87. The van der Waals surface area contributed by atoms with Crippen LogP contribution in [0, 0.1) is 0 Å². The number of amides is 1. The molecule has 25 heavy (non-hydrogen) atoms. The molecule has 0 bridgehead atoms. The Morgan fingerprint density at radius 1 is 1.24 bits per heavy atom. The van der Waals surface area contributed by atoms with Gasteiger partial charge in [-0.2, -0.15) is 0 Å². The first kappa shape index (κ1) is 20.8. The van der Waals surface area contributed by atoms with E-state index in [-0.39, 0.29) is 18.6 Å². The zero-order valence-corrected chi connectivity index (χ0v) is 14.0. The van der Waals surface area contributed by atoms with Crippen molar-refractivity contribution in [3.8, 4) is 5.75 Å². The standard InChI is InChI=1S/C16H20F3NO5/c1-15(2,3)24-8-7-12(14(22)23)20-13(21)10-5-4-6-11(9-10)25-16(17,18)19/h4-6,9,12H,7-8H2,1-3H3,(H,20,21)(H,22,23). The quantitative estimate of drug-likeness (QED) is 0.778. The van der Waals surface area contributed by atoms with Crippen molar-refractivity contribution in [2.24, 2.45) is 0 Å². The van der Waals surface area contributed by atoms with E-state index in [2.05, 4.69) is 10.1 Å². The maximum absolute atomic E-state index is 12.2. The molecule has 0 aliphatic heterocycles. The topological polar surface area (TPSA) is 84.9 Å². The Morgan fingerprint density at radius 2 is 1.88 bits per heavy atom. The molecule has 1 aromatic rings. The zero-order valence-electron chi connectivity index (χ0n) is 14.0. The lowest BCUT2D eigenvalue weighted by atomic mass is 10.1. The molecular formula is C16H20F3NO5. The van der Waals surface area contributed by atoms with Gasteiger partial charge in [0.15, 0.2) is 0 Å². The Morgan fingerprint density at radius 3 is 2.40 bits per heavy atom. The van der Waals surface area contributed by atoms with Crippen LogP contribution in [0.15, 0.2) is 24.3 Å². The van der Waals surface area contributed by atoms with Gasteiger partial charge in [-0.15, -0.1) is 13.2 Å². The number of carbonyl (C=O) groups excluding carboxylic acids is 1. The van der Waals surface area contributed by atoms with Crippen molar-refractivity contribution in [3.05, 3.63) is 29.8 Å². The molecule has 9 heteroatoms. The maximum Gasteiger partial charge on any atom is 0.573 e. The van der Waals surface area contributed by atoms with Crippen LogP contribution in [-0.4, -0.2) is 41.6 Å². The lowest BCUT2D eigenvalue weighted by Crippen LogP contribution is -2.42. The SMILES string of the molecule is CC(C)(C)OCCC(NC(=O)c1cccc(OC(F)(F)F)c1)C(=O)O. The van der Waals surface area contributed by atoms with Crippen molar-refractivity contribution in [2.75, 3.05) is 6.61 Å². The molecule has 0 saturated heterocycles. The molecule has 6 nitrogen and oxygen atoms in total. The molecule has 1 amide bonds. The van der Waals surface area contributed by atoms with Crippen LogP contribution in [0.4, 0.5) is 13.2 Å². The molecule has 1 rings (SSSR count). The Hall–Kier alpha value is -2.29. The van der Waals surface area contributed by atoms with Gasteiger partial charge in [0.25, 0.3) is 5.91 Å². The van der Waals surface area contributed by atoms with Gasteiger partial charge in [-0.3, -0.25) is 4.79 Å². The minimum absolute atomic E-state index is 0.0110. The number of nitrogens with one attached hydrogen (secondary N) is 1. The number of aliphatic carboxylic acids is 1. The van der Waals surface area contributed by atoms with Crippen molar-refractivity contribution in [1.29, 1.82) is 0 Å². The van der Waals surface area contributed by atoms with E-state index in [1.807, 2.05) is 0 Å². The number of hydrogen-bond donors (Lipinski definition) is 2. The molecule has 2 N–H and O–H groups in total. The molecule has 0 spiro atoms. The van der Waals surface area contributed by atoms with Crippen molar-refractivity contribution >= 4 is 11.9 Å². The number of carboxylic acid groups (broad SMARTS) is 1. The second kappa shape index (κ2) is 8.19. The predicted octanol–water partition coefficient (Wildman–Crippen LogP) is 2.97. The fraction of sp³-hybridized carbons (Fsp3) is 0.500. The first-order chi connectivity index (χ1) is 11.4. The summed E-state index contributed by atoms with van der Waals surface area (Å²) in [5.41, 5.74) is -0.610. The van der Waals surface area contributed by atoms with Gasteiger partial charge >= 0.3 is 12.3 Å². The molecule has 0 fully saturated rings. The highest BCUT2D eigenvalue weighted by Gasteiger charge is 2.31. The molecule has 0 radical (unpaired) electrons. The Balaban J connectivity index is 2.74. The lowest BCUT2D eigenvalue weighted by molar-refractivity contribution is -0.274. The minimum Gasteiger partial charge on any atom is -0.480 e. The van der Waals surface area contributed by atoms with Crippen LogP contribution >= 0.6 is 0 Å². The molecule has 1 atom stereocenters. The summed E-state index contributed by atoms with van der Waals surface area (Å²) in [5, 5.41) is 11.4. The van der Waals surface area contributed by atoms with Gasteiger partial charge in [0.2, 0.25) is 0 Å². The summed E-state index contributed by atoms with van der Waals surface area (Å²) < 4.78 is 45.8. The number of carboxylic acids is 1. The van der Waals surface area contributed by atoms with Gasteiger partial charge in [-0.05, 0) is 39.0 Å². The first-order valence-corrected chi connectivity index (χ1v) is 7.41. The monoisotopic (exact) mass is 363 g/mol. The average molecular weight is 363 g/mol. The van der Waals surface area contributed by atoms with E-state index in [1.54, 1.807) is 20.8 Å². The smallest absolute Gasteiger partial charge is 0.480 e. The minimum atomic E-state index is -4.89. The number of alkyl halides is 3. The van der Waals surface area contributed by atoms with E-state index in [9.17, 15) is 22.8 Å². The molecular weight excluding hydrogens is 343 g/mol. The molecule has 1 aromatic carbocycles. The normalized spacial score (nSPS) is 13.2. The highest BCUT2D eigenvalue weighted by molar-refractivity contribution is 5.96. The Kier molecular flexibility index (Phi) is 6.80. The molecule has 0 heterocycles. The van der Waals surface area contributed by atoms with Crippen molar-refractivity contribution in [3.63, 3.8) is 0 Å². The number of carbonyl (C=O) groups is 2. The molecule has 0 saturated carbocycles. The van der Waals surface area contributed by atoms with E-state index < -0.39 is 35.6 Å². The zero-order chi connectivity index (χ0) is 19.3. The second-order valence-corrected chi connectivity index (χ2v) is 6.19. The van der Waals surface area contributed by atoms with Crippen molar-refractivity contribution < 1.29 is 37.3 Å². The summed E-state index contributed by atoms with van der Waals surface area (Å²) in [5.74, 6) is -2.66. The summed E-state index contributed by atoms with van der Waals surface area (Å²) >= 11 is 0. The summed E-state index contributed by atoms with van der Waals surface area (Å²) in [6.45, 7) is 5.49. The predicted molar refractivity (Wildman–Crippen MR) is 82.3 cm³/mol. The summed E-state index contributed by atoms with van der Waals surface area (Å²) in [6.07, 6.45) is -4.87. The van der Waals surface area contributed by atoms with Gasteiger partial charge in [0.05, 0.1) is 5.60 Å². The lowest BCUT2D eigenvalue weighted by Gasteiger charge is -2.21. The van der Waals surface area contributed by atoms with Crippen LogP contribution in [0.2, 0.25) is 0 Å². The number of rotatable bonds is 7. The average Bonchev–Trinajstić information content (AvgIpc) is 2.43.